The highest BCUT2D eigenvalue weighted by Gasteiger charge is 2.14. The third-order valence-electron chi connectivity index (χ3n) is 2.01. The summed E-state index contributed by atoms with van der Waals surface area (Å²) in [5.41, 5.74) is 0. The molecule has 0 atom stereocenters. The van der Waals surface area contributed by atoms with Gasteiger partial charge in [-0.3, -0.25) is 9.59 Å². The number of carbonyl (C=O) groups excluding carboxylic acids is 1. The number of hydrogen-bond acceptors (Lipinski definition) is 4. The SMILES string of the molecule is CCCS(=O)(=O)CC(=O)NCCCCC(=O)O. The average Bonchev–Trinajstić information content (AvgIpc) is 2.15. The van der Waals surface area contributed by atoms with Crippen LogP contribution in [0.4, 0.5) is 0 Å². The van der Waals surface area contributed by atoms with Crippen molar-refractivity contribution in [3.05, 3.63) is 0 Å². The van der Waals surface area contributed by atoms with Crippen molar-refractivity contribution < 1.29 is 23.1 Å². The summed E-state index contributed by atoms with van der Waals surface area (Å²) in [5, 5.41) is 10.8. The summed E-state index contributed by atoms with van der Waals surface area (Å²) in [7, 11) is -3.29. The molecule has 0 fully saturated rings. The van der Waals surface area contributed by atoms with Gasteiger partial charge in [-0.15, -0.1) is 0 Å². The second kappa shape index (κ2) is 8.05. The molecule has 7 heteroatoms. The van der Waals surface area contributed by atoms with E-state index >= 15 is 0 Å². The highest BCUT2D eigenvalue weighted by atomic mass is 32.2. The number of carboxylic acid groups (broad SMARTS) is 1. The Hall–Kier alpha value is -1.11. The molecule has 1 amide bonds. The summed E-state index contributed by atoms with van der Waals surface area (Å²) in [5.74, 6) is -1.87. The van der Waals surface area contributed by atoms with E-state index in [9.17, 15) is 18.0 Å². The van der Waals surface area contributed by atoms with E-state index in [1.807, 2.05) is 0 Å². The van der Waals surface area contributed by atoms with Crippen LogP contribution in [0.1, 0.15) is 32.6 Å². The van der Waals surface area contributed by atoms with Crippen LogP contribution in [0.15, 0.2) is 0 Å². The molecule has 0 aliphatic carbocycles. The number of nitrogens with one attached hydrogen (secondary N) is 1. The van der Waals surface area contributed by atoms with E-state index in [2.05, 4.69) is 5.32 Å². The molecule has 0 unspecified atom stereocenters. The number of carbonyl (C=O) groups is 2. The number of unbranched alkanes of at least 4 members (excludes halogenated alkanes) is 1. The quantitative estimate of drug-likeness (QED) is 0.579. The maximum Gasteiger partial charge on any atom is 0.303 e. The third kappa shape index (κ3) is 9.80. The minimum Gasteiger partial charge on any atom is -0.481 e. The first-order valence-electron chi connectivity index (χ1n) is 5.56. The molecule has 0 bridgehead atoms. The monoisotopic (exact) mass is 265 g/mol. The van der Waals surface area contributed by atoms with Crippen molar-refractivity contribution in [2.75, 3.05) is 18.1 Å². The van der Waals surface area contributed by atoms with Crippen LogP contribution in [0.2, 0.25) is 0 Å². The summed E-state index contributed by atoms with van der Waals surface area (Å²) >= 11 is 0. The van der Waals surface area contributed by atoms with Crippen LogP contribution in [0.5, 0.6) is 0 Å². The van der Waals surface area contributed by atoms with Gasteiger partial charge in [0.2, 0.25) is 5.91 Å². The van der Waals surface area contributed by atoms with Gasteiger partial charge in [0.05, 0.1) is 5.75 Å². The molecule has 0 spiro atoms. The Labute approximate surface area is 101 Å². The van der Waals surface area contributed by atoms with Gasteiger partial charge < -0.3 is 10.4 Å². The Balaban J connectivity index is 3.70. The number of sulfone groups is 1. The van der Waals surface area contributed by atoms with E-state index in [0.29, 0.717) is 25.8 Å². The van der Waals surface area contributed by atoms with E-state index in [1.165, 1.54) is 0 Å². The maximum atomic E-state index is 11.3. The number of amides is 1. The molecule has 0 aromatic heterocycles. The highest BCUT2D eigenvalue weighted by Crippen LogP contribution is 1.95. The van der Waals surface area contributed by atoms with Gasteiger partial charge in [0.1, 0.15) is 5.75 Å². The maximum absolute atomic E-state index is 11.3. The van der Waals surface area contributed by atoms with Crippen molar-refractivity contribution in [1.29, 1.82) is 0 Å². The average molecular weight is 265 g/mol. The van der Waals surface area contributed by atoms with Gasteiger partial charge in [-0.2, -0.15) is 0 Å². The van der Waals surface area contributed by atoms with Crippen molar-refractivity contribution in [3.8, 4) is 0 Å². The molecule has 0 saturated carbocycles. The smallest absolute Gasteiger partial charge is 0.303 e. The normalized spacial score (nSPS) is 11.1. The molecule has 0 aliphatic heterocycles. The van der Waals surface area contributed by atoms with E-state index in [1.54, 1.807) is 6.92 Å². The molecular weight excluding hydrogens is 246 g/mol. The summed E-state index contributed by atoms with van der Waals surface area (Å²) in [4.78, 5) is 21.4. The fourth-order valence-corrected chi connectivity index (χ4v) is 2.53. The highest BCUT2D eigenvalue weighted by molar-refractivity contribution is 7.92. The van der Waals surface area contributed by atoms with Crippen LogP contribution in [0.25, 0.3) is 0 Å². The van der Waals surface area contributed by atoms with Gasteiger partial charge in [0.25, 0.3) is 0 Å². The number of carboxylic acids is 1. The van der Waals surface area contributed by atoms with Crippen molar-refractivity contribution >= 4 is 21.7 Å². The Morgan fingerprint density at radius 3 is 2.41 bits per heavy atom. The number of rotatable bonds is 9. The molecule has 0 saturated heterocycles. The summed E-state index contributed by atoms with van der Waals surface area (Å²) < 4.78 is 22.6. The number of aliphatic carboxylic acids is 1. The topological polar surface area (TPSA) is 101 Å². The van der Waals surface area contributed by atoms with Crippen LogP contribution >= 0.6 is 0 Å². The lowest BCUT2D eigenvalue weighted by Gasteiger charge is -2.05. The van der Waals surface area contributed by atoms with Crippen LogP contribution < -0.4 is 5.32 Å². The van der Waals surface area contributed by atoms with Gasteiger partial charge in [0, 0.05) is 13.0 Å². The van der Waals surface area contributed by atoms with Crippen LogP contribution in [-0.4, -0.2) is 43.5 Å². The summed E-state index contributed by atoms with van der Waals surface area (Å²) in [6.45, 7) is 2.05. The van der Waals surface area contributed by atoms with Crippen LogP contribution in [0.3, 0.4) is 0 Å². The zero-order chi connectivity index (χ0) is 13.3. The Kier molecular flexibility index (Phi) is 7.53. The molecule has 0 rings (SSSR count). The molecule has 0 aliphatic rings. The first-order chi connectivity index (χ1) is 7.87. The Morgan fingerprint density at radius 2 is 1.88 bits per heavy atom. The van der Waals surface area contributed by atoms with Gasteiger partial charge in [-0.1, -0.05) is 6.92 Å². The van der Waals surface area contributed by atoms with Gasteiger partial charge >= 0.3 is 5.97 Å². The fraction of sp³-hybridized carbons (Fsp3) is 0.800. The van der Waals surface area contributed by atoms with E-state index in [0.717, 1.165) is 0 Å². The molecule has 100 valence electrons. The molecule has 17 heavy (non-hydrogen) atoms. The van der Waals surface area contributed by atoms with Gasteiger partial charge in [0.15, 0.2) is 9.84 Å². The largest absolute Gasteiger partial charge is 0.481 e. The predicted octanol–water partition coefficient (Wildman–Crippen LogP) is 0.182. The lowest BCUT2D eigenvalue weighted by Crippen LogP contribution is -2.31. The predicted molar refractivity (Wildman–Crippen MR) is 63.4 cm³/mol. The minimum atomic E-state index is -3.29. The molecule has 2 N–H and O–H groups in total. The molecular formula is C10H19NO5S. The minimum absolute atomic E-state index is 0.0133. The summed E-state index contributed by atoms with van der Waals surface area (Å²) in [6, 6.07) is 0. The summed E-state index contributed by atoms with van der Waals surface area (Å²) in [6.07, 6.45) is 1.56. The van der Waals surface area contributed by atoms with Gasteiger partial charge in [-0.05, 0) is 19.3 Å². The van der Waals surface area contributed by atoms with Crippen LogP contribution in [0, 0.1) is 0 Å². The zero-order valence-electron chi connectivity index (χ0n) is 9.94. The van der Waals surface area contributed by atoms with Gasteiger partial charge in [-0.25, -0.2) is 8.42 Å². The van der Waals surface area contributed by atoms with Crippen molar-refractivity contribution in [1.82, 2.24) is 5.32 Å². The molecule has 0 aromatic carbocycles. The second-order valence-corrected chi connectivity index (χ2v) is 5.98. The van der Waals surface area contributed by atoms with Crippen molar-refractivity contribution in [3.63, 3.8) is 0 Å². The van der Waals surface area contributed by atoms with Crippen molar-refractivity contribution in [2.45, 2.75) is 32.6 Å². The van der Waals surface area contributed by atoms with E-state index in [-0.39, 0.29) is 12.2 Å². The Bertz CT molecular complexity index is 350. The molecule has 6 nitrogen and oxygen atoms in total. The first kappa shape index (κ1) is 15.9. The van der Waals surface area contributed by atoms with Crippen molar-refractivity contribution in [2.24, 2.45) is 0 Å². The third-order valence-corrected chi connectivity index (χ3v) is 3.74. The zero-order valence-corrected chi connectivity index (χ0v) is 10.8. The molecule has 0 radical (unpaired) electrons. The standard InChI is InChI=1S/C10H19NO5S/c1-2-7-17(15,16)8-9(12)11-6-4-3-5-10(13)14/h2-8H2,1H3,(H,11,12)(H,13,14). The van der Waals surface area contributed by atoms with Crippen LogP contribution in [-0.2, 0) is 19.4 Å². The number of hydrogen-bond donors (Lipinski definition) is 2. The molecule has 0 heterocycles. The molecule has 0 aromatic rings. The Morgan fingerprint density at radius 1 is 1.24 bits per heavy atom. The fourth-order valence-electron chi connectivity index (χ4n) is 1.26. The first-order valence-corrected chi connectivity index (χ1v) is 7.38. The van der Waals surface area contributed by atoms with E-state index in [4.69, 9.17) is 5.11 Å². The van der Waals surface area contributed by atoms with E-state index < -0.39 is 27.5 Å². The second-order valence-electron chi connectivity index (χ2n) is 3.79. The lowest BCUT2D eigenvalue weighted by atomic mass is 10.2. The lowest BCUT2D eigenvalue weighted by molar-refractivity contribution is -0.137.